The third kappa shape index (κ3) is 3.83. The predicted molar refractivity (Wildman–Crippen MR) is 91.2 cm³/mol. The summed E-state index contributed by atoms with van der Waals surface area (Å²) in [4.78, 5) is 11.2. The van der Waals surface area contributed by atoms with Crippen LogP contribution in [-0.2, 0) is 0 Å². The van der Waals surface area contributed by atoms with Gasteiger partial charge in [-0.05, 0) is 50.1 Å². The van der Waals surface area contributed by atoms with Crippen LogP contribution in [0.3, 0.4) is 0 Å². The Hall–Kier alpha value is -1.75. The zero-order valence-electron chi connectivity index (χ0n) is 12.5. The summed E-state index contributed by atoms with van der Waals surface area (Å²) in [6.45, 7) is -1.84. The van der Waals surface area contributed by atoms with Gasteiger partial charge in [0.05, 0.1) is 11.0 Å². The van der Waals surface area contributed by atoms with Crippen molar-refractivity contribution in [3.63, 3.8) is 0 Å². The zero-order valence-corrected chi connectivity index (χ0v) is 15.7. The maximum Gasteiger partial charge on any atom is 0.456 e. The smallest absolute Gasteiger partial charge is 0.456 e. The first-order valence-electron chi connectivity index (χ1n) is 6.95. The Labute approximate surface area is 160 Å². The van der Waals surface area contributed by atoms with Gasteiger partial charge in [-0.3, -0.25) is 0 Å². The van der Waals surface area contributed by atoms with Gasteiger partial charge in [0.2, 0.25) is 5.88 Å². The van der Waals surface area contributed by atoms with Crippen LogP contribution >= 0.6 is 31.9 Å². The molecule has 2 heterocycles. The van der Waals surface area contributed by atoms with E-state index in [0.717, 1.165) is 14.5 Å². The molecule has 138 valence electrons. The number of H-pyrrole nitrogens is 1. The fraction of sp³-hybridized carbons (Fsp3) is 0.200. The number of fused-ring (bicyclic) bond motifs is 1. The van der Waals surface area contributed by atoms with Gasteiger partial charge in [-0.2, -0.15) is 22.0 Å². The first-order chi connectivity index (χ1) is 12.1. The van der Waals surface area contributed by atoms with Crippen LogP contribution in [0.1, 0.15) is 0 Å². The van der Waals surface area contributed by atoms with Crippen LogP contribution in [0.4, 0.5) is 22.0 Å². The molecular formula is C15H8Br2F5N3O. The number of rotatable bonds is 4. The summed E-state index contributed by atoms with van der Waals surface area (Å²) in [5.74, 6) is -4.84. The quantitative estimate of drug-likeness (QED) is 0.466. The lowest BCUT2D eigenvalue weighted by molar-refractivity contribution is -0.290. The second-order valence-electron chi connectivity index (χ2n) is 5.24. The Bertz CT molecular complexity index is 902. The van der Waals surface area contributed by atoms with E-state index in [2.05, 4.69) is 51.5 Å². The summed E-state index contributed by atoms with van der Waals surface area (Å²) >= 11 is 6.74. The number of aromatic amines is 1. The van der Waals surface area contributed by atoms with Gasteiger partial charge in [-0.25, -0.2) is 9.97 Å². The summed E-state index contributed by atoms with van der Waals surface area (Å²) < 4.78 is 68.1. The lowest BCUT2D eigenvalue weighted by Gasteiger charge is -2.19. The number of nitrogens with zero attached hydrogens (tertiary/aromatic N) is 2. The number of hydrogen-bond acceptors (Lipinski definition) is 3. The van der Waals surface area contributed by atoms with Crippen LogP contribution in [0, 0.1) is 0 Å². The fourth-order valence-electron chi connectivity index (χ4n) is 1.99. The third-order valence-electron chi connectivity index (χ3n) is 3.35. The number of ether oxygens (including phenoxy) is 1. The van der Waals surface area contributed by atoms with E-state index in [4.69, 9.17) is 0 Å². The summed E-state index contributed by atoms with van der Waals surface area (Å²) in [6.07, 6.45) is -4.41. The molecule has 1 aromatic carbocycles. The second kappa shape index (κ2) is 6.76. The Morgan fingerprint density at radius 3 is 2.35 bits per heavy atom. The topological polar surface area (TPSA) is 50.8 Å². The molecule has 0 spiro atoms. The molecule has 26 heavy (non-hydrogen) atoms. The molecule has 3 rings (SSSR count). The van der Waals surface area contributed by atoms with Crippen molar-refractivity contribution in [1.82, 2.24) is 15.0 Å². The van der Waals surface area contributed by atoms with E-state index in [1.54, 1.807) is 6.07 Å². The minimum absolute atomic E-state index is 0.348. The molecule has 0 unspecified atom stereocenters. The van der Waals surface area contributed by atoms with Gasteiger partial charge in [0, 0.05) is 26.8 Å². The molecule has 1 N–H and O–H groups in total. The minimum atomic E-state index is -5.68. The molecule has 0 fully saturated rings. The maximum absolute atomic E-state index is 12.8. The maximum atomic E-state index is 12.8. The highest BCUT2D eigenvalue weighted by Gasteiger charge is 2.58. The fourth-order valence-corrected chi connectivity index (χ4v) is 2.67. The number of hydrogen-bond donors (Lipinski definition) is 1. The largest absolute Gasteiger partial charge is 0.471 e. The minimum Gasteiger partial charge on any atom is -0.471 e. The Morgan fingerprint density at radius 1 is 1.04 bits per heavy atom. The van der Waals surface area contributed by atoms with E-state index in [1.807, 2.05) is 6.07 Å². The van der Waals surface area contributed by atoms with Gasteiger partial charge in [0.1, 0.15) is 5.82 Å². The summed E-state index contributed by atoms with van der Waals surface area (Å²) in [5, 5.41) is 0. The lowest BCUT2D eigenvalue weighted by Crippen LogP contribution is -2.41. The monoisotopic (exact) mass is 499 g/mol. The Kier molecular flexibility index (Phi) is 4.95. The van der Waals surface area contributed by atoms with Gasteiger partial charge in [0.15, 0.2) is 6.61 Å². The molecule has 2 aromatic heterocycles. The first kappa shape index (κ1) is 19.0. The standard InChI is InChI=1S/C15H8Br2F5N3O/c16-8-3-10-11(4-9(8)17)25-13(24-10)7-1-2-12(23-5-7)26-6-14(18,19)15(20,21)22/h1-5H,6H2,(H,24,25). The molecule has 0 aliphatic carbocycles. The van der Waals surface area contributed by atoms with Gasteiger partial charge < -0.3 is 9.72 Å². The van der Waals surface area contributed by atoms with Gasteiger partial charge in [-0.1, -0.05) is 0 Å². The molecule has 0 saturated carbocycles. The van der Waals surface area contributed by atoms with E-state index in [0.29, 0.717) is 16.9 Å². The number of halogens is 7. The molecule has 0 bridgehead atoms. The molecule has 0 radical (unpaired) electrons. The highest BCUT2D eigenvalue weighted by atomic mass is 79.9. The van der Waals surface area contributed by atoms with Crippen molar-refractivity contribution in [2.24, 2.45) is 0 Å². The molecule has 0 atom stereocenters. The van der Waals surface area contributed by atoms with Crippen molar-refractivity contribution >= 4 is 42.9 Å². The number of aromatic nitrogens is 3. The molecule has 0 aliphatic rings. The predicted octanol–water partition coefficient (Wildman–Crippen LogP) is 5.73. The SMILES string of the molecule is FC(F)(F)C(F)(F)COc1ccc(-c2nc3cc(Br)c(Br)cc3[nH]2)cn1. The van der Waals surface area contributed by atoms with Gasteiger partial charge in [-0.15, -0.1) is 0 Å². The van der Waals surface area contributed by atoms with Crippen LogP contribution < -0.4 is 4.74 Å². The van der Waals surface area contributed by atoms with E-state index in [-0.39, 0.29) is 5.88 Å². The number of pyridine rings is 1. The van der Waals surface area contributed by atoms with E-state index in [9.17, 15) is 22.0 Å². The van der Waals surface area contributed by atoms with Crippen molar-refractivity contribution in [3.8, 4) is 17.3 Å². The molecule has 4 nitrogen and oxygen atoms in total. The molecule has 3 aromatic rings. The van der Waals surface area contributed by atoms with E-state index < -0.39 is 18.7 Å². The summed E-state index contributed by atoms with van der Waals surface area (Å²) in [5.41, 5.74) is 1.95. The molecule has 0 amide bonds. The van der Waals surface area contributed by atoms with E-state index in [1.165, 1.54) is 18.3 Å². The van der Waals surface area contributed by atoms with Gasteiger partial charge >= 0.3 is 12.1 Å². The molecular weight excluding hydrogens is 493 g/mol. The number of imidazole rings is 1. The average Bonchev–Trinajstić information content (AvgIpc) is 2.95. The van der Waals surface area contributed by atoms with Crippen LogP contribution in [0.2, 0.25) is 0 Å². The van der Waals surface area contributed by atoms with Crippen molar-refractivity contribution in [3.05, 3.63) is 39.4 Å². The normalized spacial score (nSPS) is 12.6. The highest BCUT2D eigenvalue weighted by Crippen LogP contribution is 2.35. The third-order valence-corrected chi connectivity index (χ3v) is 5.19. The van der Waals surface area contributed by atoms with Crippen LogP contribution in [-0.4, -0.2) is 33.7 Å². The van der Waals surface area contributed by atoms with Crippen molar-refractivity contribution in [2.45, 2.75) is 12.1 Å². The second-order valence-corrected chi connectivity index (χ2v) is 6.95. The molecule has 0 aliphatic heterocycles. The Morgan fingerprint density at radius 2 is 1.73 bits per heavy atom. The van der Waals surface area contributed by atoms with Crippen LogP contribution in [0.15, 0.2) is 39.4 Å². The first-order valence-corrected chi connectivity index (χ1v) is 8.54. The van der Waals surface area contributed by atoms with E-state index >= 15 is 0 Å². The Balaban J connectivity index is 1.78. The lowest BCUT2D eigenvalue weighted by atomic mass is 10.3. The van der Waals surface area contributed by atoms with Gasteiger partial charge in [0.25, 0.3) is 0 Å². The van der Waals surface area contributed by atoms with Crippen molar-refractivity contribution < 1.29 is 26.7 Å². The highest BCUT2D eigenvalue weighted by molar-refractivity contribution is 9.13. The number of nitrogens with one attached hydrogen (secondary N) is 1. The van der Waals surface area contributed by atoms with Crippen molar-refractivity contribution in [1.29, 1.82) is 0 Å². The summed E-state index contributed by atoms with van der Waals surface area (Å²) in [7, 11) is 0. The zero-order chi connectivity index (χ0) is 19.1. The van der Waals surface area contributed by atoms with Crippen LogP contribution in [0.25, 0.3) is 22.4 Å². The summed E-state index contributed by atoms with van der Waals surface area (Å²) in [6, 6.07) is 6.26. The van der Waals surface area contributed by atoms with Crippen molar-refractivity contribution in [2.75, 3.05) is 6.61 Å². The number of alkyl halides is 5. The number of benzene rings is 1. The van der Waals surface area contributed by atoms with Crippen LogP contribution in [0.5, 0.6) is 5.88 Å². The molecule has 0 saturated heterocycles. The molecule has 11 heteroatoms. The average molecular weight is 501 g/mol.